The molecule has 1 unspecified atom stereocenters. The molecular weight excluding hydrogens is 301 g/mol. The van der Waals surface area contributed by atoms with Crippen molar-refractivity contribution in [2.75, 3.05) is 5.32 Å². The fraction of sp³-hybridized carbons (Fsp3) is 0.0625. The minimum absolute atomic E-state index is 0.0789. The molecule has 1 aliphatic heterocycles. The average Bonchev–Trinajstić information content (AvgIpc) is 2.86. The molecule has 23 heavy (non-hydrogen) atoms. The highest BCUT2D eigenvalue weighted by molar-refractivity contribution is 6.06. The van der Waals surface area contributed by atoms with Crippen molar-refractivity contribution >= 4 is 23.5 Å². The molecule has 1 heterocycles. The molecule has 0 saturated carbocycles. The zero-order valence-electron chi connectivity index (χ0n) is 11.8. The van der Waals surface area contributed by atoms with Crippen LogP contribution >= 0.6 is 0 Å². The van der Waals surface area contributed by atoms with Crippen molar-refractivity contribution in [3.63, 3.8) is 0 Å². The zero-order chi connectivity index (χ0) is 16.4. The van der Waals surface area contributed by atoms with Gasteiger partial charge < -0.3 is 10.6 Å². The molecule has 0 bridgehead atoms. The fourth-order valence-electron chi connectivity index (χ4n) is 2.29. The largest absolute Gasteiger partial charge is 0.322 e. The van der Waals surface area contributed by atoms with Gasteiger partial charge in [-0.3, -0.25) is 14.9 Å². The molecule has 4 amide bonds. The quantitative estimate of drug-likeness (QED) is 0.757. The summed E-state index contributed by atoms with van der Waals surface area (Å²) in [5.74, 6) is -1.68. The van der Waals surface area contributed by atoms with E-state index >= 15 is 0 Å². The van der Waals surface area contributed by atoms with Crippen LogP contribution in [0.15, 0.2) is 48.5 Å². The molecule has 0 aliphatic carbocycles. The maximum absolute atomic E-state index is 13.6. The predicted molar refractivity (Wildman–Crippen MR) is 80.2 cm³/mol. The molecule has 0 radical (unpaired) electrons. The van der Waals surface area contributed by atoms with Gasteiger partial charge in [0.15, 0.2) is 0 Å². The number of carbonyl (C=O) groups is 3. The summed E-state index contributed by atoms with van der Waals surface area (Å²) in [5, 5.41) is 7.17. The van der Waals surface area contributed by atoms with Crippen LogP contribution in [0.5, 0.6) is 0 Å². The first kappa shape index (κ1) is 14.7. The molecule has 0 aromatic heterocycles. The number of hydrogen-bond acceptors (Lipinski definition) is 3. The van der Waals surface area contributed by atoms with E-state index in [1.807, 2.05) is 0 Å². The minimum atomic E-state index is -0.812. The average molecular weight is 313 g/mol. The third-order valence-corrected chi connectivity index (χ3v) is 3.37. The second kappa shape index (κ2) is 5.88. The van der Waals surface area contributed by atoms with Gasteiger partial charge in [-0.1, -0.05) is 24.3 Å². The highest BCUT2D eigenvalue weighted by atomic mass is 19.1. The molecule has 6 nitrogen and oxygen atoms in total. The van der Waals surface area contributed by atoms with Crippen LogP contribution in [0.1, 0.15) is 22.0 Å². The number of benzene rings is 2. The van der Waals surface area contributed by atoms with Gasteiger partial charge in [0.2, 0.25) is 0 Å². The van der Waals surface area contributed by atoms with Gasteiger partial charge in [0, 0.05) is 5.69 Å². The molecule has 1 atom stereocenters. The van der Waals surface area contributed by atoms with Crippen LogP contribution in [0, 0.1) is 5.82 Å². The Hall–Kier alpha value is -3.22. The van der Waals surface area contributed by atoms with Crippen LogP contribution in [0.2, 0.25) is 0 Å². The van der Waals surface area contributed by atoms with Crippen molar-refractivity contribution in [2.24, 2.45) is 0 Å². The first-order chi connectivity index (χ1) is 11.0. The number of rotatable bonds is 3. The smallest absolute Gasteiger partial charge is 0.322 e. The molecule has 1 aliphatic rings. The summed E-state index contributed by atoms with van der Waals surface area (Å²) >= 11 is 0. The van der Waals surface area contributed by atoms with Crippen molar-refractivity contribution in [1.82, 2.24) is 10.6 Å². The van der Waals surface area contributed by atoms with Crippen molar-refractivity contribution in [1.29, 1.82) is 0 Å². The van der Waals surface area contributed by atoms with Crippen LogP contribution in [0.4, 0.5) is 14.9 Å². The fourth-order valence-corrected chi connectivity index (χ4v) is 2.29. The van der Waals surface area contributed by atoms with Crippen LogP contribution in [-0.2, 0) is 4.79 Å². The van der Waals surface area contributed by atoms with Gasteiger partial charge in [-0.15, -0.1) is 0 Å². The third-order valence-electron chi connectivity index (χ3n) is 3.37. The molecule has 1 fully saturated rings. The van der Waals surface area contributed by atoms with Gasteiger partial charge in [0.25, 0.3) is 11.8 Å². The minimum Gasteiger partial charge on any atom is -0.322 e. The van der Waals surface area contributed by atoms with Crippen LogP contribution in [0.3, 0.4) is 0 Å². The van der Waals surface area contributed by atoms with E-state index < -0.39 is 29.7 Å². The van der Waals surface area contributed by atoms with E-state index in [4.69, 9.17) is 0 Å². The predicted octanol–water partition coefficient (Wildman–Crippen LogP) is 1.96. The van der Waals surface area contributed by atoms with E-state index in [0.29, 0.717) is 11.3 Å². The lowest BCUT2D eigenvalue weighted by Crippen LogP contribution is -2.22. The summed E-state index contributed by atoms with van der Waals surface area (Å²) in [6, 6.07) is 10.7. The molecule has 3 rings (SSSR count). The van der Waals surface area contributed by atoms with Crippen molar-refractivity contribution in [3.05, 3.63) is 65.5 Å². The van der Waals surface area contributed by atoms with E-state index in [1.54, 1.807) is 30.3 Å². The van der Waals surface area contributed by atoms with E-state index in [0.717, 1.165) is 0 Å². The number of anilines is 1. The Bertz CT molecular complexity index is 807. The lowest BCUT2D eigenvalue weighted by Gasteiger charge is -2.11. The van der Waals surface area contributed by atoms with Crippen molar-refractivity contribution in [2.45, 2.75) is 6.04 Å². The lowest BCUT2D eigenvalue weighted by molar-refractivity contribution is -0.120. The second-order valence-corrected chi connectivity index (χ2v) is 4.96. The van der Waals surface area contributed by atoms with Gasteiger partial charge in [-0.05, 0) is 29.8 Å². The van der Waals surface area contributed by atoms with Crippen molar-refractivity contribution in [3.8, 4) is 0 Å². The van der Waals surface area contributed by atoms with E-state index in [1.165, 1.54) is 18.2 Å². The summed E-state index contributed by atoms with van der Waals surface area (Å²) in [6.07, 6.45) is 0. The lowest BCUT2D eigenvalue weighted by atomic mass is 10.1. The number of amides is 4. The van der Waals surface area contributed by atoms with Crippen LogP contribution < -0.4 is 16.0 Å². The Morgan fingerprint density at radius 3 is 2.57 bits per heavy atom. The molecule has 0 spiro atoms. The van der Waals surface area contributed by atoms with E-state index in [9.17, 15) is 18.8 Å². The molecule has 7 heteroatoms. The molecule has 3 N–H and O–H groups in total. The maximum atomic E-state index is 13.6. The Kier molecular flexibility index (Phi) is 3.76. The SMILES string of the molecule is O=C1NC(=O)C(c2cccc(NC(=O)c3ccccc3F)c2)N1. The third kappa shape index (κ3) is 3.03. The van der Waals surface area contributed by atoms with Gasteiger partial charge >= 0.3 is 6.03 Å². The standard InChI is InChI=1S/C16H12FN3O3/c17-12-7-2-1-6-11(12)14(21)18-10-5-3-4-9(8-10)13-15(22)20-16(23)19-13/h1-8,13H,(H,18,21)(H2,19,20,22,23). The Labute approximate surface area is 130 Å². The summed E-state index contributed by atoms with van der Waals surface area (Å²) in [5.41, 5.74) is 0.828. The summed E-state index contributed by atoms with van der Waals surface area (Å²) in [6.45, 7) is 0. The molecular formula is C16H12FN3O3. The highest BCUT2D eigenvalue weighted by Crippen LogP contribution is 2.21. The van der Waals surface area contributed by atoms with Gasteiger partial charge in [-0.25, -0.2) is 9.18 Å². The topological polar surface area (TPSA) is 87.3 Å². The number of hydrogen-bond donors (Lipinski definition) is 3. The van der Waals surface area contributed by atoms with Crippen LogP contribution in [0.25, 0.3) is 0 Å². The number of halogens is 1. The van der Waals surface area contributed by atoms with Crippen molar-refractivity contribution < 1.29 is 18.8 Å². The molecule has 2 aromatic rings. The van der Waals surface area contributed by atoms with Crippen LogP contribution in [-0.4, -0.2) is 17.8 Å². The number of urea groups is 1. The van der Waals surface area contributed by atoms with Gasteiger partial charge in [0.05, 0.1) is 5.56 Å². The van der Waals surface area contributed by atoms with E-state index in [-0.39, 0.29) is 5.56 Å². The normalized spacial score (nSPS) is 16.7. The van der Waals surface area contributed by atoms with E-state index in [2.05, 4.69) is 16.0 Å². The molecule has 1 saturated heterocycles. The van der Waals surface area contributed by atoms with Gasteiger partial charge in [-0.2, -0.15) is 0 Å². The summed E-state index contributed by atoms with van der Waals surface area (Å²) < 4.78 is 13.6. The molecule has 2 aromatic carbocycles. The zero-order valence-corrected chi connectivity index (χ0v) is 11.8. The number of imide groups is 1. The number of carbonyl (C=O) groups excluding carboxylic acids is 3. The Morgan fingerprint density at radius 2 is 1.87 bits per heavy atom. The first-order valence-corrected chi connectivity index (χ1v) is 6.82. The Balaban J connectivity index is 1.81. The highest BCUT2D eigenvalue weighted by Gasteiger charge is 2.30. The monoisotopic (exact) mass is 313 g/mol. The summed E-state index contributed by atoms with van der Waals surface area (Å²) in [4.78, 5) is 34.9. The van der Waals surface area contributed by atoms with Gasteiger partial charge in [0.1, 0.15) is 11.9 Å². The Morgan fingerprint density at radius 1 is 1.09 bits per heavy atom. The second-order valence-electron chi connectivity index (χ2n) is 4.96. The maximum Gasteiger partial charge on any atom is 0.322 e. The first-order valence-electron chi connectivity index (χ1n) is 6.82. The number of nitrogens with one attached hydrogen (secondary N) is 3. The summed E-state index contributed by atoms with van der Waals surface area (Å²) in [7, 11) is 0. The molecule has 116 valence electrons.